The van der Waals surface area contributed by atoms with Crippen molar-refractivity contribution in [1.82, 2.24) is 5.32 Å². The van der Waals surface area contributed by atoms with E-state index >= 15 is 0 Å². The molecule has 0 radical (unpaired) electrons. The number of carbonyl (C=O) groups excluding carboxylic acids is 1. The van der Waals surface area contributed by atoms with E-state index in [1.54, 1.807) is 0 Å². The predicted molar refractivity (Wildman–Crippen MR) is 80.0 cm³/mol. The molecule has 2 atom stereocenters. The highest BCUT2D eigenvalue weighted by Gasteiger charge is 2.12. The second-order valence-corrected chi connectivity index (χ2v) is 5.14. The van der Waals surface area contributed by atoms with Gasteiger partial charge in [-0.2, -0.15) is 0 Å². The van der Waals surface area contributed by atoms with Gasteiger partial charge in [0, 0.05) is 6.54 Å². The maximum absolute atomic E-state index is 11.7. The third-order valence-corrected chi connectivity index (χ3v) is 3.45. The number of nitrogens with one attached hydrogen (secondary N) is 1. The first-order valence-corrected chi connectivity index (χ1v) is 7.23. The molecule has 3 heteroatoms. The van der Waals surface area contributed by atoms with Crippen LogP contribution in [0.4, 0.5) is 0 Å². The smallest absolute Gasteiger partial charge is 0.236 e. The molecule has 0 fully saturated rings. The molecule has 1 unspecified atom stereocenters. The number of unbranched alkanes of at least 4 members (excludes halogenated alkanes) is 1. The van der Waals surface area contributed by atoms with E-state index in [0.717, 1.165) is 25.7 Å². The van der Waals surface area contributed by atoms with Gasteiger partial charge in [0.1, 0.15) is 0 Å². The molecule has 0 aromatic heterocycles. The van der Waals surface area contributed by atoms with Crippen LogP contribution >= 0.6 is 0 Å². The molecule has 3 nitrogen and oxygen atoms in total. The van der Waals surface area contributed by atoms with E-state index < -0.39 is 0 Å². The minimum Gasteiger partial charge on any atom is -0.355 e. The fourth-order valence-electron chi connectivity index (χ4n) is 2.05. The number of amides is 1. The Morgan fingerprint density at radius 3 is 2.58 bits per heavy atom. The summed E-state index contributed by atoms with van der Waals surface area (Å²) >= 11 is 0. The first kappa shape index (κ1) is 15.7. The van der Waals surface area contributed by atoms with Crippen molar-refractivity contribution in [2.75, 3.05) is 6.54 Å². The van der Waals surface area contributed by atoms with Gasteiger partial charge in [0.05, 0.1) is 6.04 Å². The molecule has 3 N–H and O–H groups in total. The van der Waals surface area contributed by atoms with Crippen LogP contribution in [0.25, 0.3) is 0 Å². The normalized spacial score (nSPS) is 13.8. The summed E-state index contributed by atoms with van der Waals surface area (Å²) < 4.78 is 0. The lowest BCUT2D eigenvalue weighted by Crippen LogP contribution is -2.41. The molecular weight excluding hydrogens is 236 g/mol. The van der Waals surface area contributed by atoms with Gasteiger partial charge in [0.25, 0.3) is 0 Å². The first-order valence-electron chi connectivity index (χ1n) is 7.23. The molecule has 19 heavy (non-hydrogen) atoms. The van der Waals surface area contributed by atoms with E-state index in [0.29, 0.717) is 12.5 Å². The van der Waals surface area contributed by atoms with E-state index in [9.17, 15) is 4.79 Å². The lowest BCUT2D eigenvalue weighted by Gasteiger charge is -2.15. The molecule has 1 aromatic carbocycles. The molecule has 1 rings (SSSR count). The van der Waals surface area contributed by atoms with Gasteiger partial charge in [-0.1, -0.05) is 57.0 Å². The maximum Gasteiger partial charge on any atom is 0.236 e. The molecule has 0 bridgehead atoms. The summed E-state index contributed by atoms with van der Waals surface area (Å²) in [6.07, 6.45) is 3.80. The van der Waals surface area contributed by atoms with Crippen molar-refractivity contribution in [3.63, 3.8) is 0 Å². The summed E-state index contributed by atoms with van der Waals surface area (Å²) in [5, 5.41) is 2.93. The van der Waals surface area contributed by atoms with Crippen LogP contribution in [0.15, 0.2) is 30.3 Å². The third kappa shape index (κ3) is 5.88. The fraction of sp³-hybridized carbons (Fsp3) is 0.562. The summed E-state index contributed by atoms with van der Waals surface area (Å²) in [7, 11) is 0. The van der Waals surface area contributed by atoms with Gasteiger partial charge in [-0.25, -0.2) is 0 Å². The van der Waals surface area contributed by atoms with Gasteiger partial charge in [-0.3, -0.25) is 4.79 Å². The standard InChI is InChI=1S/C16H26N2O/c1-3-4-10-15(17)16(19)18-12-11-13(2)14-8-6-5-7-9-14/h5-9,13,15H,3-4,10-12,17H2,1-2H3,(H,18,19)/t13?,15-/m0/s1. The summed E-state index contributed by atoms with van der Waals surface area (Å²) in [4.78, 5) is 11.7. The Balaban J connectivity index is 2.24. The largest absolute Gasteiger partial charge is 0.355 e. The Kier molecular flexibility index (Phi) is 7.19. The second-order valence-electron chi connectivity index (χ2n) is 5.14. The van der Waals surface area contributed by atoms with Crippen molar-refractivity contribution in [3.8, 4) is 0 Å². The Morgan fingerprint density at radius 1 is 1.26 bits per heavy atom. The van der Waals surface area contributed by atoms with E-state index in [-0.39, 0.29) is 11.9 Å². The Labute approximate surface area is 116 Å². The molecule has 1 amide bonds. The van der Waals surface area contributed by atoms with Crippen LogP contribution in [-0.4, -0.2) is 18.5 Å². The molecular formula is C16H26N2O. The molecule has 0 saturated heterocycles. The Morgan fingerprint density at radius 2 is 1.95 bits per heavy atom. The number of hydrogen-bond acceptors (Lipinski definition) is 2. The lowest BCUT2D eigenvalue weighted by molar-refractivity contribution is -0.122. The van der Waals surface area contributed by atoms with Gasteiger partial charge in [-0.15, -0.1) is 0 Å². The summed E-state index contributed by atoms with van der Waals surface area (Å²) in [5.41, 5.74) is 7.13. The third-order valence-electron chi connectivity index (χ3n) is 3.45. The van der Waals surface area contributed by atoms with E-state index in [1.807, 2.05) is 18.2 Å². The summed E-state index contributed by atoms with van der Waals surface area (Å²) in [5.74, 6) is 0.432. The first-order chi connectivity index (χ1) is 9.15. The van der Waals surface area contributed by atoms with Crippen LogP contribution in [0.5, 0.6) is 0 Å². The van der Waals surface area contributed by atoms with Crippen LogP contribution in [0.2, 0.25) is 0 Å². The van der Waals surface area contributed by atoms with Crippen molar-refractivity contribution in [2.24, 2.45) is 5.73 Å². The molecule has 0 saturated carbocycles. The summed E-state index contributed by atoms with van der Waals surface area (Å²) in [6, 6.07) is 10.0. The van der Waals surface area contributed by atoms with Crippen molar-refractivity contribution in [3.05, 3.63) is 35.9 Å². The van der Waals surface area contributed by atoms with E-state index in [1.165, 1.54) is 5.56 Å². The zero-order valence-electron chi connectivity index (χ0n) is 12.1. The molecule has 1 aromatic rings. The molecule has 0 aliphatic rings. The molecule has 0 aliphatic heterocycles. The van der Waals surface area contributed by atoms with Crippen LogP contribution in [0.3, 0.4) is 0 Å². The SMILES string of the molecule is CCCC[C@H](N)C(=O)NCCC(C)c1ccccc1. The maximum atomic E-state index is 11.7. The highest BCUT2D eigenvalue weighted by Crippen LogP contribution is 2.17. The quantitative estimate of drug-likeness (QED) is 0.757. The second kappa shape index (κ2) is 8.70. The van der Waals surface area contributed by atoms with Crippen LogP contribution in [0, 0.1) is 0 Å². The predicted octanol–water partition coefficient (Wildman–Crippen LogP) is 2.81. The van der Waals surface area contributed by atoms with Crippen LogP contribution in [0.1, 0.15) is 51.0 Å². The van der Waals surface area contributed by atoms with Gasteiger partial charge in [-0.05, 0) is 24.3 Å². The van der Waals surface area contributed by atoms with Gasteiger partial charge < -0.3 is 11.1 Å². The zero-order valence-corrected chi connectivity index (χ0v) is 12.1. The van der Waals surface area contributed by atoms with Crippen molar-refractivity contribution < 1.29 is 4.79 Å². The van der Waals surface area contributed by atoms with E-state index in [4.69, 9.17) is 5.73 Å². The van der Waals surface area contributed by atoms with Gasteiger partial charge >= 0.3 is 0 Å². The highest BCUT2D eigenvalue weighted by molar-refractivity contribution is 5.81. The van der Waals surface area contributed by atoms with Crippen molar-refractivity contribution >= 4 is 5.91 Å². The number of nitrogens with two attached hydrogens (primary N) is 1. The van der Waals surface area contributed by atoms with E-state index in [2.05, 4.69) is 31.3 Å². The minimum atomic E-state index is -0.355. The fourth-order valence-corrected chi connectivity index (χ4v) is 2.05. The zero-order chi connectivity index (χ0) is 14.1. The number of hydrogen-bond donors (Lipinski definition) is 2. The number of carbonyl (C=O) groups is 1. The Bertz CT molecular complexity index is 364. The van der Waals surface area contributed by atoms with Crippen molar-refractivity contribution in [2.45, 2.75) is 51.5 Å². The number of rotatable bonds is 8. The molecule has 0 spiro atoms. The molecule has 0 heterocycles. The minimum absolute atomic E-state index is 0.0197. The Hall–Kier alpha value is -1.35. The van der Waals surface area contributed by atoms with Gasteiger partial charge in [0.15, 0.2) is 0 Å². The highest BCUT2D eigenvalue weighted by atomic mass is 16.2. The van der Waals surface area contributed by atoms with Crippen molar-refractivity contribution in [1.29, 1.82) is 0 Å². The van der Waals surface area contributed by atoms with Crippen LogP contribution in [-0.2, 0) is 4.79 Å². The van der Waals surface area contributed by atoms with Gasteiger partial charge in [0.2, 0.25) is 5.91 Å². The average molecular weight is 262 g/mol. The lowest BCUT2D eigenvalue weighted by atomic mass is 9.98. The number of benzene rings is 1. The summed E-state index contributed by atoms with van der Waals surface area (Å²) in [6.45, 7) is 4.97. The average Bonchev–Trinajstić information content (AvgIpc) is 2.45. The topological polar surface area (TPSA) is 55.1 Å². The van der Waals surface area contributed by atoms with Crippen LogP contribution < -0.4 is 11.1 Å². The monoisotopic (exact) mass is 262 g/mol. The molecule has 0 aliphatic carbocycles. The molecule has 106 valence electrons.